The van der Waals surface area contributed by atoms with Crippen LogP contribution in [0.5, 0.6) is 0 Å². The Balaban J connectivity index is 1.98. The average molecular weight is 237 g/mol. The van der Waals surface area contributed by atoms with Gasteiger partial charge in [0.1, 0.15) is 11.9 Å². The van der Waals surface area contributed by atoms with Crippen molar-refractivity contribution in [2.45, 2.75) is 32.2 Å². The highest BCUT2D eigenvalue weighted by atomic mass is 16.2. The fraction of sp³-hybridized carbons (Fsp3) is 0.600. The Morgan fingerprint density at radius 1 is 1.59 bits per heavy atom. The molecule has 0 bridgehead atoms. The van der Waals surface area contributed by atoms with E-state index in [0.29, 0.717) is 25.2 Å². The summed E-state index contributed by atoms with van der Waals surface area (Å²) in [7, 11) is 0. The van der Waals surface area contributed by atoms with E-state index in [1.54, 1.807) is 0 Å². The first-order chi connectivity index (χ1) is 8.20. The van der Waals surface area contributed by atoms with Crippen molar-refractivity contribution >= 4 is 11.8 Å². The summed E-state index contributed by atoms with van der Waals surface area (Å²) >= 11 is 0. The summed E-state index contributed by atoms with van der Waals surface area (Å²) in [5.74, 6) is 0.183. The smallest absolute Gasteiger partial charge is 0.291 e. The summed E-state index contributed by atoms with van der Waals surface area (Å²) in [6.07, 6.45) is 2.21. The first-order valence-electron chi connectivity index (χ1n) is 5.70. The van der Waals surface area contributed by atoms with Crippen molar-refractivity contribution in [3.05, 3.63) is 11.6 Å². The SMILES string of the molecule is CCc1nc(C(=O)NC2CCCNC2=O)n[nH]1. The monoisotopic (exact) mass is 237 g/mol. The molecule has 2 rings (SSSR count). The number of nitrogens with zero attached hydrogens (tertiary/aromatic N) is 2. The number of rotatable bonds is 3. The lowest BCUT2D eigenvalue weighted by atomic mass is 10.1. The van der Waals surface area contributed by atoms with Crippen molar-refractivity contribution < 1.29 is 9.59 Å². The Morgan fingerprint density at radius 2 is 2.41 bits per heavy atom. The zero-order valence-corrected chi connectivity index (χ0v) is 9.62. The molecule has 0 radical (unpaired) electrons. The molecule has 1 atom stereocenters. The molecule has 1 aliphatic heterocycles. The molecule has 1 fully saturated rings. The Labute approximate surface area is 98.4 Å². The van der Waals surface area contributed by atoms with E-state index in [-0.39, 0.29) is 11.7 Å². The van der Waals surface area contributed by atoms with E-state index in [1.807, 2.05) is 6.92 Å². The van der Waals surface area contributed by atoms with E-state index >= 15 is 0 Å². The largest absolute Gasteiger partial charge is 0.354 e. The minimum absolute atomic E-state index is 0.0835. The van der Waals surface area contributed by atoms with Crippen LogP contribution in [0.15, 0.2) is 0 Å². The molecule has 92 valence electrons. The molecule has 1 saturated heterocycles. The van der Waals surface area contributed by atoms with Gasteiger partial charge in [-0.25, -0.2) is 4.98 Å². The highest BCUT2D eigenvalue weighted by Gasteiger charge is 2.25. The van der Waals surface area contributed by atoms with Gasteiger partial charge in [0.2, 0.25) is 11.7 Å². The maximum Gasteiger partial charge on any atom is 0.291 e. The normalized spacial score (nSPS) is 19.8. The molecular formula is C10H15N5O2. The summed E-state index contributed by atoms with van der Waals surface area (Å²) in [5, 5.41) is 11.8. The van der Waals surface area contributed by atoms with E-state index < -0.39 is 11.9 Å². The van der Waals surface area contributed by atoms with Crippen LogP contribution in [0.3, 0.4) is 0 Å². The number of carbonyl (C=O) groups excluding carboxylic acids is 2. The number of aryl methyl sites for hydroxylation is 1. The third-order valence-electron chi connectivity index (χ3n) is 2.66. The lowest BCUT2D eigenvalue weighted by molar-refractivity contribution is -0.124. The molecule has 1 aromatic rings. The highest BCUT2D eigenvalue weighted by molar-refractivity contribution is 5.94. The van der Waals surface area contributed by atoms with Crippen LogP contribution in [0.2, 0.25) is 0 Å². The van der Waals surface area contributed by atoms with Crippen LogP contribution >= 0.6 is 0 Å². The van der Waals surface area contributed by atoms with Crippen LogP contribution in [0, 0.1) is 0 Å². The van der Waals surface area contributed by atoms with Gasteiger partial charge >= 0.3 is 0 Å². The predicted molar refractivity (Wildman–Crippen MR) is 59.3 cm³/mol. The first kappa shape index (κ1) is 11.6. The van der Waals surface area contributed by atoms with Gasteiger partial charge in [-0.1, -0.05) is 6.92 Å². The molecule has 0 spiro atoms. The summed E-state index contributed by atoms with van der Waals surface area (Å²) < 4.78 is 0. The summed E-state index contributed by atoms with van der Waals surface area (Å²) in [6, 6.07) is -0.472. The van der Waals surface area contributed by atoms with Crippen molar-refractivity contribution in [2.75, 3.05) is 6.54 Å². The molecule has 1 unspecified atom stereocenters. The fourth-order valence-corrected chi connectivity index (χ4v) is 1.69. The second-order valence-electron chi connectivity index (χ2n) is 3.92. The van der Waals surface area contributed by atoms with E-state index in [9.17, 15) is 9.59 Å². The second-order valence-corrected chi connectivity index (χ2v) is 3.92. The number of nitrogens with one attached hydrogen (secondary N) is 3. The van der Waals surface area contributed by atoms with Gasteiger partial charge in [-0.05, 0) is 12.8 Å². The van der Waals surface area contributed by atoms with Gasteiger partial charge in [-0.15, -0.1) is 5.10 Å². The number of hydrogen-bond acceptors (Lipinski definition) is 4. The third-order valence-corrected chi connectivity index (χ3v) is 2.66. The Morgan fingerprint density at radius 3 is 3.06 bits per heavy atom. The number of aromatic nitrogens is 3. The fourth-order valence-electron chi connectivity index (χ4n) is 1.69. The van der Waals surface area contributed by atoms with Gasteiger partial charge < -0.3 is 10.6 Å². The number of aromatic amines is 1. The van der Waals surface area contributed by atoms with E-state index in [0.717, 1.165) is 6.42 Å². The number of H-pyrrole nitrogens is 1. The topological polar surface area (TPSA) is 99.8 Å². The number of hydrogen-bond donors (Lipinski definition) is 3. The van der Waals surface area contributed by atoms with Gasteiger partial charge in [0.25, 0.3) is 5.91 Å². The standard InChI is InChI=1S/C10H15N5O2/c1-2-7-13-8(15-14-7)10(17)12-6-4-3-5-11-9(6)16/h6H,2-5H2,1H3,(H,11,16)(H,12,17)(H,13,14,15). The molecule has 0 aromatic carbocycles. The van der Waals surface area contributed by atoms with Gasteiger partial charge in [0.15, 0.2) is 0 Å². The number of carbonyl (C=O) groups is 2. The van der Waals surface area contributed by atoms with Gasteiger partial charge in [-0.3, -0.25) is 14.7 Å². The summed E-state index contributed by atoms with van der Waals surface area (Å²) in [4.78, 5) is 27.2. The molecule has 7 heteroatoms. The van der Waals surface area contributed by atoms with Crippen molar-refractivity contribution in [3.63, 3.8) is 0 Å². The predicted octanol–water partition coefficient (Wildman–Crippen LogP) is -0.624. The van der Waals surface area contributed by atoms with Crippen molar-refractivity contribution in [2.24, 2.45) is 0 Å². The molecule has 2 heterocycles. The Hall–Kier alpha value is -1.92. The molecular weight excluding hydrogens is 222 g/mol. The van der Waals surface area contributed by atoms with Gasteiger partial charge in [-0.2, -0.15) is 0 Å². The molecule has 2 amide bonds. The quantitative estimate of drug-likeness (QED) is 0.652. The lowest BCUT2D eigenvalue weighted by Gasteiger charge is -2.21. The third kappa shape index (κ3) is 2.61. The van der Waals surface area contributed by atoms with Crippen molar-refractivity contribution in [3.8, 4) is 0 Å². The summed E-state index contributed by atoms with van der Waals surface area (Å²) in [6.45, 7) is 2.59. The van der Waals surface area contributed by atoms with Gasteiger partial charge in [0.05, 0.1) is 0 Å². The van der Waals surface area contributed by atoms with Crippen molar-refractivity contribution in [1.82, 2.24) is 25.8 Å². The van der Waals surface area contributed by atoms with Crippen molar-refractivity contribution in [1.29, 1.82) is 0 Å². The molecule has 1 aromatic heterocycles. The Bertz CT molecular complexity index is 428. The molecule has 3 N–H and O–H groups in total. The van der Waals surface area contributed by atoms with Crippen LogP contribution in [0.4, 0.5) is 0 Å². The Kier molecular flexibility index (Phi) is 3.36. The molecule has 17 heavy (non-hydrogen) atoms. The van der Waals surface area contributed by atoms with E-state index in [1.165, 1.54) is 0 Å². The zero-order valence-electron chi connectivity index (χ0n) is 9.62. The van der Waals surface area contributed by atoms with Crippen LogP contribution in [-0.2, 0) is 11.2 Å². The van der Waals surface area contributed by atoms with Crippen LogP contribution < -0.4 is 10.6 Å². The molecule has 0 saturated carbocycles. The van der Waals surface area contributed by atoms with Gasteiger partial charge in [0, 0.05) is 13.0 Å². The maximum absolute atomic E-state index is 11.8. The van der Waals surface area contributed by atoms with E-state index in [2.05, 4.69) is 25.8 Å². The summed E-state index contributed by atoms with van der Waals surface area (Å²) in [5.41, 5.74) is 0. The highest BCUT2D eigenvalue weighted by Crippen LogP contribution is 2.04. The molecule has 0 aliphatic carbocycles. The minimum Gasteiger partial charge on any atom is -0.354 e. The first-order valence-corrected chi connectivity index (χ1v) is 5.70. The zero-order chi connectivity index (χ0) is 12.3. The molecule has 7 nitrogen and oxygen atoms in total. The van der Waals surface area contributed by atoms with Crippen LogP contribution in [-0.4, -0.2) is 39.6 Å². The molecule has 1 aliphatic rings. The minimum atomic E-state index is -0.472. The number of piperidine rings is 1. The lowest BCUT2D eigenvalue weighted by Crippen LogP contribution is -2.50. The second kappa shape index (κ2) is 4.94. The number of amides is 2. The average Bonchev–Trinajstić information content (AvgIpc) is 2.81. The maximum atomic E-state index is 11.8. The van der Waals surface area contributed by atoms with Crippen LogP contribution in [0.1, 0.15) is 36.2 Å². The van der Waals surface area contributed by atoms with E-state index in [4.69, 9.17) is 0 Å². The van der Waals surface area contributed by atoms with Crippen LogP contribution in [0.25, 0.3) is 0 Å².